The minimum atomic E-state index is -0.196. The van der Waals surface area contributed by atoms with Crippen molar-refractivity contribution in [1.82, 2.24) is 0 Å². The molecule has 4 nitrogen and oxygen atoms in total. The molecular formula is C20H17NO3. The highest BCUT2D eigenvalue weighted by Gasteiger charge is 2.08. The summed E-state index contributed by atoms with van der Waals surface area (Å²) in [5, 5.41) is 2.85. The number of hydrogen-bond acceptors (Lipinski definition) is 3. The van der Waals surface area contributed by atoms with Gasteiger partial charge in [-0.3, -0.25) is 4.79 Å². The van der Waals surface area contributed by atoms with Crippen molar-refractivity contribution in [3.05, 3.63) is 84.4 Å². The summed E-state index contributed by atoms with van der Waals surface area (Å²) in [6.07, 6.45) is 0. The lowest BCUT2D eigenvalue weighted by atomic mass is 10.2. The summed E-state index contributed by atoms with van der Waals surface area (Å²) in [4.78, 5) is 12.4. The average Bonchev–Trinajstić information content (AvgIpc) is 2.63. The van der Waals surface area contributed by atoms with Gasteiger partial charge in [0.25, 0.3) is 5.91 Å². The van der Waals surface area contributed by atoms with E-state index in [0.717, 1.165) is 11.5 Å². The van der Waals surface area contributed by atoms with E-state index in [1.54, 1.807) is 49.6 Å². The third-order valence-electron chi connectivity index (χ3n) is 3.42. The van der Waals surface area contributed by atoms with Crippen molar-refractivity contribution in [2.45, 2.75) is 0 Å². The number of para-hydroxylation sites is 1. The minimum Gasteiger partial charge on any atom is -0.497 e. The predicted molar refractivity (Wildman–Crippen MR) is 93.9 cm³/mol. The summed E-state index contributed by atoms with van der Waals surface area (Å²) in [6.45, 7) is 0. The van der Waals surface area contributed by atoms with Crippen molar-refractivity contribution in [2.75, 3.05) is 12.4 Å². The first-order chi connectivity index (χ1) is 11.7. The molecule has 0 fully saturated rings. The van der Waals surface area contributed by atoms with E-state index in [9.17, 15) is 4.79 Å². The lowest BCUT2D eigenvalue weighted by Gasteiger charge is -2.09. The van der Waals surface area contributed by atoms with Gasteiger partial charge >= 0.3 is 0 Å². The molecule has 3 aromatic rings. The molecule has 0 aliphatic rings. The molecule has 0 saturated carbocycles. The molecule has 4 heteroatoms. The Morgan fingerprint density at radius 3 is 2.21 bits per heavy atom. The number of hydrogen-bond donors (Lipinski definition) is 1. The number of carbonyl (C=O) groups is 1. The van der Waals surface area contributed by atoms with Crippen LogP contribution >= 0.6 is 0 Å². The van der Waals surface area contributed by atoms with Crippen molar-refractivity contribution < 1.29 is 14.3 Å². The molecule has 0 bridgehead atoms. The molecule has 3 rings (SSSR count). The van der Waals surface area contributed by atoms with Gasteiger partial charge in [-0.15, -0.1) is 0 Å². The molecule has 0 aliphatic carbocycles. The molecule has 1 N–H and O–H groups in total. The minimum absolute atomic E-state index is 0.196. The maximum Gasteiger partial charge on any atom is 0.255 e. The van der Waals surface area contributed by atoms with Crippen LogP contribution in [0.15, 0.2) is 78.9 Å². The Bertz CT molecular complexity index is 814. The molecule has 0 spiro atoms. The Kier molecular flexibility index (Phi) is 4.77. The Hall–Kier alpha value is -3.27. The number of methoxy groups -OCH3 is 1. The Morgan fingerprint density at radius 1 is 0.792 bits per heavy atom. The first kappa shape index (κ1) is 15.6. The van der Waals surface area contributed by atoms with Crippen molar-refractivity contribution >= 4 is 11.6 Å². The summed E-state index contributed by atoms with van der Waals surface area (Å²) in [5.41, 5.74) is 1.23. The maximum absolute atomic E-state index is 12.4. The van der Waals surface area contributed by atoms with Gasteiger partial charge in [-0.2, -0.15) is 0 Å². The summed E-state index contributed by atoms with van der Waals surface area (Å²) in [6, 6.07) is 23.7. The normalized spacial score (nSPS) is 10.0. The van der Waals surface area contributed by atoms with Crippen LogP contribution in [0.5, 0.6) is 17.2 Å². The number of ether oxygens (including phenoxy) is 2. The van der Waals surface area contributed by atoms with Gasteiger partial charge in [0.05, 0.1) is 7.11 Å². The zero-order valence-corrected chi connectivity index (χ0v) is 13.2. The van der Waals surface area contributed by atoms with Crippen molar-refractivity contribution in [3.8, 4) is 17.2 Å². The summed E-state index contributed by atoms with van der Waals surface area (Å²) in [7, 11) is 1.60. The predicted octanol–water partition coefficient (Wildman–Crippen LogP) is 4.74. The van der Waals surface area contributed by atoms with E-state index in [1.807, 2.05) is 36.4 Å². The van der Waals surface area contributed by atoms with Crippen LogP contribution < -0.4 is 14.8 Å². The fraction of sp³-hybridized carbons (Fsp3) is 0.0500. The molecule has 24 heavy (non-hydrogen) atoms. The maximum atomic E-state index is 12.4. The molecule has 0 atom stereocenters. The second kappa shape index (κ2) is 7.33. The fourth-order valence-electron chi connectivity index (χ4n) is 2.20. The first-order valence-electron chi connectivity index (χ1n) is 7.53. The average molecular weight is 319 g/mol. The third-order valence-corrected chi connectivity index (χ3v) is 3.42. The Morgan fingerprint density at radius 2 is 1.50 bits per heavy atom. The van der Waals surface area contributed by atoms with Crippen LogP contribution in [-0.2, 0) is 0 Å². The van der Waals surface area contributed by atoms with Crippen LogP contribution in [0.2, 0.25) is 0 Å². The molecule has 0 radical (unpaired) electrons. The van der Waals surface area contributed by atoms with Crippen molar-refractivity contribution in [2.24, 2.45) is 0 Å². The highest BCUT2D eigenvalue weighted by Crippen LogP contribution is 2.22. The molecule has 0 aliphatic heterocycles. The van der Waals surface area contributed by atoms with Crippen LogP contribution in [0.25, 0.3) is 0 Å². The summed E-state index contributed by atoms with van der Waals surface area (Å²) in [5.74, 6) is 1.89. The van der Waals surface area contributed by atoms with Crippen LogP contribution in [0.3, 0.4) is 0 Å². The van der Waals surface area contributed by atoms with E-state index in [1.165, 1.54) is 0 Å². The van der Waals surface area contributed by atoms with E-state index in [-0.39, 0.29) is 5.91 Å². The molecule has 0 heterocycles. The molecule has 3 aromatic carbocycles. The van der Waals surface area contributed by atoms with Gasteiger partial charge in [0, 0.05) is 11.3 Å². The molecule has 1 amide bonds. The summed E-state index contributed by atoms with van der Waals surface area (Å²) < 4.78 is 10.9. The second-order valence-corrected chi connectivity index (χ2v) is 5.13. The summed E-state index contributed by atoms with van der Waals surface area (Å²) >= 11 is 0. The number of anilines is 1. The van der Waals surface area contributed by atoms with Gasteiger partial charge in [-0.05, 0) is 54.6 Å². The van der Waals surface area contributed by atoms with Crippen LogP contribution in [0.4, 0.5) is 5.69 Å². The number of amides is 1. The van der Waals surface area contributed by atoms with E-state index in [2.05, 4.69) is 5.32 Å². The zero-order chi connectivity index (χ0) is 16.8. The standard InChI is InChI=1S/C20H17NO3/c1-23-17-12-10-16(11-13-17)21-20(22)15-6-5-9-19(14-15)24-18-7-3-2-4-8-18/h2-14H,1H3,(H,21,22). The largest absolute Gasteiger partial charge is 0.497 e. The van der Waals surface area contributed by atoms with Crippen LogP contribution in [0.1, 0.15) is 10.4 Å². The van der Waals surface area contributed by atoms with Gasteiger partial charge in [-0.25, -0.2) is 0 Å². The van der Waals surface area contributed by atoms with Crippen molar-refractivity contribution in [3.63, 3.8) is 0 Å². The third kappa shape index (κ3) is 3.93. The van der Waals surface area contributed by atoms with Crippen LogP contribution in [0, 0.1) is 0 Å². The SMILES string of the molecule is COc1ccc(NC(=O)c2cccc(Oc3ccccc3)c2)cc1. The van der Waals surface area contributed by atoms with E-state index >= 15 is 0 Å². The zero-order valence-electron chi connectivity index (χ0n) is 13.2. The van der Waals surface area contributed by atoms with Gasteiger partial charge < -0.3 is 14.8 Å². The smallest absolute Gasteiger partial charge is 0.255 e. The first-order valence-corrected chi connectivity index (χ1v) is 7.53. The molecular weight excluding hydrogens is 302 g/mol. The van der Waals surface area contributed by atoms with Gasteiger partial charge in [-0.1, -0.05) is 24.3 Å². The highest BCUT2D eigenvalue weighted by molar-refractivity contribution is 6.04. The number of nitrogens with one attached hydrogen (secondary N) is 1. The lowest BCUT2D eigenvalue weighted by Crippen LogP contribution is -2.11. The topological polar surface area (TPSA) is 47.6 Å². The quantitative estimate of drug-likeness (QED) is 0.739. The monoisotopic (exact) mass is 319 g/mol. The number of rotatable bonds is 5. The van der Waals surface area contributed by atoms with Crippen molar-refractivity contribution in [1.29, 1.82) is 0 Å². The molecule has 0 aromatic heterocycles. The van der Waals surface area contributed by atoms with Gasteiger partial charge in [0.15, 0.2) is 0 Å². The molecule has 0 unspecified atom stereocenters. The highest BCUT2D eigenvalue weighted by atomic mass is 16.5. The number of benzene rings is 3. The lowest BCUT2D eigenvalue weighted by molar-refractivity contribution is 0.102. The van der Waals surface area contributed by atoms with Crippen LogP contribution in [-0.4, -0.2) is 13.0 Å². The van der Waals surface area contributed by atoms with E-state index < -0.39 is 0 Å². The fourth-order valence-corrected chi connectivity index (χ4v) is 2.20. The molecule has 0 saturated heterocycles. The molecule has 120 valence electrons. The van der Waals surface area contributed by atoms with Gasteiger partial charge in [0.1, 0.15) is 17.2 Å². The second-order valence-electron chi connectivity index (χ2n) is 5.13. The Balaban J connectivity index is 1.71. The van der Waals surface area contributed by atoms with Gasteiger partial charge in [0.2, 0.25) is 0 Å². The van der Waals surface area contributed by atoms with E-state index in [0.29, 0.717) is 17.0 Å². The van der Waals surface area contributed by atoms with E-state index in [4.69, 9.17) is 9.47 Å². The number of carbonyl (C=O) groups excluding carboxylic acids is 1. The Labute approximate surface area is 140 Å².